The number of aliphatic hydroxyl groups is 1. The molecular weight excluding hydrogens is 445 g/mol. The maximum Gasteiger partial charge on any atom is 0.322 e. The lowest BCUT2D eigenvalue weighted by Crippen LogP contribution is -2.73. The third-order valence-electron chi connectivity index (χ3n) is 6.56. The van der Waals surface area contributed by atoms with E-state index in [9.17, 15) is 19.1 Å². The molecule has 2 N–H and O–H groups in total. The molecule has 6 nitrogen and oxygen atoms in total. The number of piperazine rings is 1. The van der Waals surface area contributed by atoms with E-state index in [0.717, 1.165) is 16.7 Å². The Morgan fingerprint density at radius 1 is 0.971 bits per heavy atom. The molecular formula is C28H24FN3O3. The second-order valence-electron chi connectivity index (χ2n) is 8.70. The summed E-state index contributed by atoms with van der Waals surface area (Å²) in [6.45, 7) is 0.126. The molecule has 2 aliphatic heterocycles. The summed E-state index contributed by atoms with van der Waals surface area (Å²) in [4.78, 5) is 28.8. The Morgan fingerprint density at radius 3 is 2.29 bits per heavy atom. The number of urea groups is 1. The molecule has 0 aromatic heterocycles. The van der Waals surface area contributed by atoms with E-state index in [1.807, 2.05) is 54.6 Å². The molecule has 0 spiro atoms. The fourth-order valence-corrected chi connectivity index (χ4v) is 4.84. The monoisotopic (exact) mass is 469 g/mol. The highest BCUT2D eigenvalue weighted by molar-refractivity contribution is 5.93. The number of nitrogens with one attached hydrogen (secondary N) is 1. The zero-order valence-corrected chi connectivity index (χ0v) is 18.9. The first-order chi connectivity index (χ1) is 17.0. The van der Waals surface area contributed by atoms with Crippen molar-refractivity contribution >= 4 is 17.6 Å². The molecule has 0 saturated carbocycles. The minimum absolute atomic E-state index is 0.0687. The number of rotatable bonds is 3. The van der Waals surface area contributed by atoms with E-state index in [1.165, 1.54) is 29.2 Å². The Labute approximate surface area is 203 Å². The van der Waals surface area contributed by atoms with Crippen molar-refractivity contribution in [2.24, 2.45) is 0 Å². The number of aliphatic hydroxyl groups excluding tert-OH is 1. The van der Waals surface area contributed by atoms with E-state index in [0.29, 0.717) is 12.2 Å². The molecule has 0 unspecified atom stereocenters. The fraction of sp³-hybridized carbons (Fsp3) is 0.214. The van der Waals surface area contributed by atoms with Gasteiger partial charge in [-0.1, -0.05) is 42.2 Å². The highest BCUT2D eigenvalue weighted by Crippen LogP contribution is 2.43. The van der Waals surface area contributed by atoms with Crippen LogP contribution in [0.25, 0.3) is 0 Å². The Balaban J connectivity index is 1.30. The molecule has 3 amide bonds. The lowest BCUT2D eigenvalue weighted by molar-refractivity contribution is -0.159. The third kappa shape index (κ3) is 4.61. The molecule has 2 fully saturated rings. The van der Waals surface area contributed by atoms with E-state index < -0.39 is 11.8 Å². The van der Waals surface area contributed by atoms with Gasteiger partial charge in [0.25, 0.3) is 0 Å². The molecule has 2 saturated heterocycles. The van der Waals surface area contributed by atoms with E-state index in [2.05, 4.69) is 17.2 Å². The zero-order valence-electron chi connectivity index (χ0n) is 18.9. The maximum atomic E-state index is 13.2. The second-order valence-corrected chi connectivity index (χ2v) is 8.70. The van der Waals surface area contributed by atoms with Gasteiger partial charge < -0.3 is 20.2 Å². The van der Waals surface area contributed by atoms with Crippen LogP contribution in [0.1, 0.15) is 22.6 Å². The summed E-state index contributed by atoms with van der Waals surface area (Å²) in [5.41, 5.74) is 3.25. The number of carbonyl (C=O) groups excluding carboxylic acids is 2. The van der Waals surface area contributed by atoms with Crippen molar-refractivity contribution in [1.82, 2.24) is 9.80 Å². The number of benzene rings is 3. The van der Waals surface area contributed by atoms with Crippen LogP contribution in [0.15, 0.2) is 78.9 Å². The normalized spacial score (nSPS) is 20.9. The Kier molecular flexibility index (Phi) is 6.21. The highest BCUT2D eigenvalue weighted by atomic mass is 19.1. The molecule has 0 radical (unpaired) electrons. The Bertz CT molecular complexity index is 1280. The largest absolute Gasteiger partial charge is 0.394 e. The topological polar surface area (TPSA) is 72.9 Å². The van der Waals surface area contributed by atoms with Gasteiger partial charge in [-0.15, -0.1) is 0 Å². The van der Waals surface area contributed by atoms with Crippen LogP contribution in [-0.4, -0.2) is 58.6 Å². The van der Waals surface area contributed by atoms with Gasteiger partial charge in [-0.3, -0.25) is 4.79 Å². The number of nitrogens with zero attached hydrogens (tertiary/aromatic N) is 2. The summed E-state index contributed by atoms with van der Waals surface area (Å²) in [5, 5.41) is 12.7. The number of hydrogen-bond donors (Lipinski definition) is 2. The molecule has 0 bridgehead atoms. The van der Waals surface area contributed by atoms with Crippen molar-refractivity contribution in [2.45, 2.75) is 18.0 Å². The van der Waals surface area contributed by atoms with Gasteiger partial charge in [-0.2, -0.15) is 0 Å². The molecule has 7 heteroatoms. The quantitative estimate of drug-likeness (QED) is 0.578. The summed E-state index contributed by atoms with van der Waals surface area (Å²) < 4.78 is 13.2. The van der Waals surface area contributed by atoms with Crippen molar-refractivity contribution in [2.75, 3.05) is 25.0 Å². The second kappa shape index (κ2) is 9.61. The average Bonchev–Trinajstić information content (AvgIpc) is 2.86. The van der Waals surface area contributed by atoms with Crippen LogP contribution in [-0.2, 0) is 4.79 Å². The van der Waals surface area contributed by atoms with E-state index >= 15 is 0 Å². The number of hydrogen-bond acceptors (Lipinski definition) is 3. The molecule has 2 heterocycles. The minimum Gasteiger partial charge on any atom is -0.394 e. The average molecular weight is 470 g/mol. The van der Waals surface area contributed by atoms with Crippen LogP contribution in [0.2, 0.25) is 0 Å². The standard InChI is InChI=1S/C28H24FN3O3/c29-22-12-14-23(15-13-22)30-28(35)31-16-24-27(25(18-33)32(24)26(34)17-31)21-10-8-20(9-11-21)7-6-19-4-2-1-3-5-19/h1-5,8-15,24-25,27,33H,16-18H2,(H,30,35)/t24-,25+,27+/m0/s1. The number of fused-ring (bicyclic) bond motifs is 1. The van der Waals surface area contributed by atoms with Crippen LogP contribution in [0.3, 0.4) is 0 Å². The Hall–Kier alpha value is -4.15. The number of amides is 3. The number of anilines is 1. The molecule has 3 aromatic rings. The zero-order chi connectivity index (χ0) is 24.4. The van der Waals surface area contributed by atoms with Crippen LogP contribution >= 0.6 is 0 Å². The molecule has 35 heavy (non-hydrogen) atoms. The summed E-state index contributed by atoms with van der Waals surface area (Å²) >= 11 is 0. The smallest absolute Gasteiger partial charge is 0.322 e. The van der Waals surface area contributed by atoms with Crippen molar-refractivity contribution < 1.29 is 19.1 Å². The predicted molar refractivity (Wildman–Crippen MR) is 130 cm³/mol. The maximum absolute atomic E-state index is 13.2. The molecule has 5 rings (SSSR count). The lowest BCUT2D eigenvalue weighted by atomic mass is 9.73. The molecule has 2 aliphatic rings. The molecule has 3 aromatic carbocycles. The van der Waals surface area contributed by atoms with Gasteiger partial charge in [-0.05, 0) is 54.1 Å². The minimum atomic E-state index is -0.414. The number of halogens is 1. The first-order valence-electron chi connectivity index (χ1n) is 11.4. The lowest BCUT2D eigenvalue weighted by Gasteiger charge is -2.58. The first kappa shape index (κ1) is 22.6. The van der Waals surface area contributed by atoms with Crippen molar-refractivity contribution in [3.8, 4) is 11.8 Å². The SMILES string of the molecule is O=C(Nc1ccc(F)cc1)N1CC(=O)N2[C@H](CO)[C@H](c3ccc(C#Cc4ccccc4)cc3)[C@@H]2C1. The van der Waals surface area contributed by atoms with Crippen LogP contribution in [0, 0.1) is 17.7 Å². The van der Waals surface area contributed by atoms with Gasteiger partial charge in [0.2, 0.25) is 5.91 Å². The summed E-state index contributed by atoms with van der Waals surface area (Å²) in [6, 6.07) is 22.1. The third-order valence-corrected chi connectivity index (χ3v) is 6.56. The van der Waals surface area contributed by atoms with Crippen molar-refractivity contribution in [3.63, 3.8) is 0 Å². The van der Waals surface area contributed by atoms with Gasteiger partial charge in [0, 0.05) is 29.3 Å². The first-order valence-corrected chi connectivity index (χ1v) is 11.4. The van der Waals surface area contributed by atoms with Crippen LogP contribution in [0.5, 0.6) is 0 Å². The van der Waals surface area contributed by atoms with E-state index in [4.69, 9.17) is 0 Å². The van der Waals surface area contributed by atoms with Crippen LogP contribution < -0.4 is 5.32 Å². The predicted octanol–water partition coefficient (Wildman–Crippen LogP) is 3.43. The summed E-state index contributed by atoms with van der Waals surface area (Å²) in [6.07, 6.45) is 0. The summed E-state index contributed by atoms with van der Waals surface area (Å²) in [5.74, 6) is 5.60. The van der Waals surface area contributed by atoms with Crippen molar-refractivity contribution in [1.29, 1.82) is 0 Å². The van der Waals surface area contributed by atoms with Crippen LogP contribution in [0.4, 0.5) is 14.9 Å². The van der Waals surface area contributed by atoms with Gasteiger partial charge >= 0.3 is 6.03 Å². The summed E-state index contributed by atoms with van der Waals surface area (Å²) in [7, 11) is 0. The van der Waals surface area contributed by atoms with E-state index in [-0.39, 0.29) is 37.1 Å². The van der Waals surface area contributed by atoms with Gasteiger partial charge in [0.15, 0.2) is 0 Å². The van der Waals surface area contributed by atoms with Gasteiger partial charge in [0.05, 0.1) is 18.7 Å². The van der Waals surface area contributed by atoms with Gasteiger partial charge in [-0.25, -0.2) is 9.18 Å². The van der Waals surface area contributed by atoms with E-state index in [1.54, 1.807) is 4.90 Å². The number of carbonyl (C=O) groups is 2. The molecule has 176 valence electrons. The highest BCUT2D eigenvalue weighted by Gasteiger charge is 2.54. The fourth-order valence-electron chi connectivity index (χ4n) is 4.84. The van der Waals surface area contributed by atoms with Gasteiger partial charge in [0.1, 0.15) is 12.4 Å². The molecule has 3 atom stereocenters. The Morgan fingerprint density at radius 2 is 1.63 bits per heavy atom. The van der Waals surface area contributed by atoms with Crippen molar-refractivity contribution in [3.05, 3.63) is 101 Å². The molecule has 0 aliphatic carbocycles.